The van der Waals surface area contributed by atoms with Crippen molar-refractivity contribution in [2.24, 2.45) is 5.73 Å². The van der Waals surface area contributed by atoms with E-state index in [0.717, 1.165) is 60.7 Å². The van der Waals surface area contributed by atoms with Gasteiger partial charge in [-0.2, -0.15) is 0 Å². The molecule has 196 valence electrons. The molecule has 6 nitrogen and oxygen atoms in total. The molecule has 1 heterocycles. The maximum absolute atomic E-state index is 11.7. The number of hydrogen-bond acceptors (Lipinski definition) is 5. The number of carbonyl (C=O) groups excluding carboxylic acids is 2. The topological polar surface area (TPSA) is 103 Å². The van der Waals surface area contributed by atoms with Crippen molar-refractivity contribution < 1.29 is 19.4 Å². The number of amides is 1. The number of aliphatic hydroxyl groups excluding tert-OH is 1. The van der Waals surface area contributed by atoms with Crippen molar-refractivity contribution >= 4 is 22.6 Å². The van der Waals surface area contributed by atoms with E-state index in [0.29, 0.717) is 18.0 Å². The molecule has 4 rings (SSSR count). The van der Waals surface area contributed by atoms with Crippen molar-refractivity contribution in [2.45, 2.75) is 60.3 Å². The van der Waals surface area contributed by atoms with Crippen LogP contribution in [-0.4, -0.2) is 35.5 Å². The van der Waals surface area contributed by atoms with Gasteiger partial charge in [-0.3, -0.25) is 9.59 Å². The van der Waals surface area contributed by atoms with Gasteiger partial charge in [0.25, 0.3) is 0 Å². The molecule has 1 aromatic heterocycles. The number of fused-ring (bicyclic) bond motifs is 1. The fraction of sp³-hybridized carbons (Fsp3) is 0.367. The average molecular weight is 495 g/mol. The predicted octanol–water partition coefficient (Wildman–Crippen LogP) is 6.75. The first-order valence-electron chi connectivity index (χ1n) is 12.5. The summed E-state index contributed by atoms with van der Waals surface area (Å²) in [6.45, 7) is 10.6. The predicted molar refractivity (Wildman–Crippen MR) is 150 cm³/mol. The first-order valence-corrected chi connectivity index (χ1v) is 12.5. The van der Waals surface area contributed by atoms with Crippen molar-refractivity contribution in [3.63, 3.8) is 0 Å². The van der Waals surface area contributed by atoms with Gasteiger partial charge in [-0.15, -0.1) is 0 Å². The second-order valence-electron chi connectivity index (χ2n) is 7.31. The minimum Gasteiger partial charge on any atom is -0.494 e. The van der Waals surface area contributed by atoms with E-state index in [4.69, 9.17) is 15.6 Å². The second kappa shape index (κ2) is 19.8. The minimum atomic E-state index is -0.453. The van der Waals surface area contributed by atoms with Crippen LogP contribution < -0.4 is 10.5 Å². The molecule has 36 heavy (non-hydrogen) atoms. The number of pyridine rings is 1. The van der Waals surface area contributed by atoms with Crippen LogP contribution in [0, 0.1) is 0 Å². The van der Waals surface area contributed by atoms with Crippen molar-refractivity contribution in [2.75, 3.05) is 13.7 Å². The molecule has 1 aliphatic carbocycles. The summed E-state index contributed by atoms with van der Waals surface area (Å²) in [5, 5.41) is 7.77. The van der Waals surface area contributed by atoms with E-state index in [-0.39, 0.29) is 0 Å². The monoisotopic (exact) mass is 494 g/mol. The maximum atomic E-state index is 11.7. The molecule has 1 aliphatic rings. The average Bonchev–Trinajstić information content (AvgIpc) is 3.42. The molecule has 1 fully saturated rings. The summed E-state index contributed by atoms with van der Waals surface area (Å²) in [4.78, 5) is 26.6. The van der Waals surface area contributed by atoms with E-state index in [2.05, 4.69) is 4.98 Å². The number of allylic oxidation sites excluding steroid dienone is 2. The molecular formula is C30H42N2O4. The lowest BCUT2D eigenvalue weighted by molar-refractivity contribution is -0.117. The summed E-state index contributed by atoms with van der Waals surface area (Å²) >= 11 is 0. The SMILES string of the molecule is C/C=C\C.CC.CCOc1ccc(-c2cc(C(N)=O)c3ccccc3n2)cc1.CO.O=C1CCCC1. The van der Waals surface area contributed by atoms with Crippen molar-refractivity contribution in [3.05, 3.63) is 72.3 Å². The number of benzene rings is 2. The highest BCUT2D eigenvalue weighted by molar-refractivity contribution is 6.06. The van der Waals surface area contributed by atoms with Crippen LogP contribution in [-0.2, 0) is 4.79 Å². The van der Waals surface area contributed by atoms with Crippen LogP contribution in [0.2, 0.25) is 0 Å². The minimum absolute atomic E-state index is 0.453. The lowest BCUT2D eigenvalue weighted by Crippen LogP contribution is -2.12. The molecule has 0 atom stereocenters. The van der Waals surface area contributed by atoms with Gasteiger partial charge in [-0.05, 0) is 70.0 Å². The van der Waals surface area contributed by atoms with Crippen LogP contribution in [0.25, 0.3) is 22.2 Å². The molecule has 1 amide bonds. The highest BCUT2D eigenvalue weighted by Crippen LogP contribution is 2.26. The molecule has 6 heteroatoms. The van der Waals surface area contributed by atoms with Gasteiger partial charge in [0.15, 0.2) is 0 Å². The molecule has 2 aromatic carbocycles. The Kier molecular flexibility index (Phi) is 17.8. The van der Waals surface area contributed by atoms with Gasteiger partial charge < -0.3 is 15.6 Å². The number of aromatic nitrogens is 1. The number of ketones is 1. The van der Waals surface area contributed by atoms with E-state index in [1.165, 1.54) is 0 Å². The summed E-state index contributed by atoms with van der Waals surface area (Å²) in [7, 11) is 1.00. The van der Waals surface area contributed by atoms with Crippen LogP contribution in [0.5, 0.6) is 5.75 Å². The zero-order valence-corrected chi connectivity index (χ0v) is 22.6. The molecule has 3 N–H and O–H groups in total. The third kappa shape index (κ3) is 11.3. The molecule has 0 spiro atoms. The Morgan fingerprint density at radius 2 is 1.56 bits per heavy atom. The van der Waals surface area contributed by atoms with Gasteiger partial charge in [0.2, 0.25) is 5.91 Å². The molecule has 0 unspecified atom stereocenters. The second-order valence-corrected chi connectivity index (χ2v) is 7.31. The van der Waals surface area contributed by atoms with E-state index in [1.54, 1.807) is 6.07 Å². The largest absolute Gasteiger partial charge is 0.494 e. The van der Waals surface area contributed by atoms with E-state index in [9.17, 15) is 9.59 Å². The Balaban J connectivity index is 0.000000723. The smallest absolute Gasteiger partial charge is 0.249 e. The van der Waals surface area contributed by atoms with Crippen molar-refractivity contribution in [1.82, 2.24) is 4.98 Å². The normalized spacial score (nSPS) is 11.6. The van der Waals surface area contributed by atoms with E-state index < -0.39 is 5.91 Å². The highest BCUT2D eigenvalue weighted by atomic mass is 16.5. The van der Waals surface area contributed by atoms with Crippen LogP contribution in [0.3, 0.4) is 0 Å². The first-order chi connectivity index (χ1) is 17.5. The Morgan fingerprint density at radius 3 is 2.00 bits per heavy atom. The van der Waals surface area contributed by atoms with Crippen LogP contribution >= 0.6 is 0 Å². The lowest BCUT2D eigenvalue weighted by atomic mass is 10.0. The molecule has 1 saturated carbocycles. The molecule has 0 bridgehead atoms. The Bertz CT molecular complexity index is 1050. The maximum Gasteiger partial charge on any atom is 0.249 e. The molecule has 0 saturated heterocycles. The molecule has 3 aromatic rings. The van der Waals surface area contributed by atoms with Gasteiger partial charge in [0.1, 0.15) is 11.5 Å². The Hall–Kier alpha value is -3.51. The number of rotatable bonds is 4. The summed E-state index contributed by atoms with van der Waals surface area (Å²) in [5.74, 6) is 0.808. The van der Waals surface area contributed by atoms with Gasteiger partial charge >= 0.3 is 0 Å². The molecule has 0 radical (unpaired) electrons. The van der Waals surface area contributed by atoms with Crippen molar-refractivity contribution in [1.29, 1.82) is 0 Å². The fourth-order valence-electron chi connectivity index (χ4n) is 3.19. The number of para-hydroxylation sites is 1. The van der Waals surface area contributed by atoms with Gasteiger partial charge in [-0.1, -0.05) is 44.2 Å². The van der Waals surface area contributed by atoms with Crippen LogP contribution in [0.15, 0.2) is 66.7 Å². The summed E-state index contributed by atoms with van der Waals surface area (Å²) in [6.07, 6.45) is 7.97. The molecular weight excluding hydrogens is 452 g/mol. The number of nitrogens with two attached hydrogens (primary N) is 1. The highest BCUT2D eigenvalue weighted by Gasteiger charge is 2.11. The van der Waals surface area contributed by atoms with Crippen molar-refractivity contribution in [3.8, 4) is 17.0 Å². The number of hydrogen-bond donors (Lipinski definition) is 2. The zero-order valence-electron chi connectivity index (χ0n) is 22.6. The number of aliphatic hydroxyl groups is 1. The summed E-state index contributed by atoms with van der Waals surface area (Å²) < 4.78 is 5.43. The van der Waals surface area contributed by atoms with Gasteiger partial charge in [0, 0.05) is 30.9 Å². The van der Waals surface area contributed by atoms with Crippen LogP contribution in [0.1, 0.15) is 70.7 Å². The summed E-state index contributed by atoms with van der Waals surface area (Å²) in [6, 6.07) is 16.8. The number of primary amides is 1. The number of ether oxygens (including phenoxy) is 1. The summed E-state index contributed by atoms with van der Waals surface area (Å²) in [5.41, 5.74) is 8.37. The number of nitrogens with zero attached hydrogens (tertiary/aromatic N) is 1. The first kappa shape index (κ1) is 32.5. The number of carbonyl (C=O) groups is 2. The molecule has 0 aliphatic heterocycles. The van der Waals surface area contributed by atoms with E-state index >= 15 is 0 Å². The zero-order chi connectivity index (χ0) is 27.3. The Labute approximate surface area is 216 Å². The third-order valence-electron chi connectivity index (χ3n) is 4.94. The third-order valence-corrected chi connectivity index (χ3v) is 4.94. The van der Waals surface area contributed by atoms with Gasteiger partial charge in [-0.25, -0.2) is 4.98 Å². The fourth-order valence-corrected chi connectivity index (χ4v) is 3.19. The number of Topliss-reactive ketones (excluding diaryl/α,β-unsaturated/α-hetero) is 1. The van der Waals surface area contributed by atoms with E-state index in [1.807, 2.05) is 95.3 Å². The Morgan fingerprint density at radius 1 is 1.00 bits per heavy atom. The van der Waals surface area contributed by atoms with Gasteiger partial charge in [0.05, 0.1) is 23.4 Å². The quantitative estimate of drug-likeness (QED) is 0.391. The van der Waals surface area contributed by atoms with Crippen LogP contribution in [0.4, 0.5) is 0 Å². The standard InChI is InChI=1S/C18H16N2O2.C5H8O.C4H8.C2H6.CH4O/c1-2-22-13-9-7-12(8-10-13)17-11-15(18(19)21)14-5-3-4-6-16(14)20-17;6-5-3-1-2-4-5;1-3-4-2;2*1-2/h3-11H,2H2,1H3,(H2,19,21);1-4H2;3-4H,1-2H3;1-2H3;2H,1H3/b;;4-3-;;. The lowest BCUT2D eigenvalue weighted by Gasteiger charge is -2.08.